The van der Waals surface area contributed by atoms with Gasteiger partial charge in [-0.15, -0.1) is 0 Å². The third kappa shape index (κ3) is 5.78. The van der Waals surface area contributed by atoms with Crippen LogP contribution in [0.2, 0.25) is 5.02 Å². The number of thioether (sulfide) groups is 1. The van der Waals surface area contributed by atoms with E-state index < -0.39 is 0 Å². The molecule has 90 valence electrons. The predicted molar refractivity (Wildman–Crippen MR) is 75.4 cm³/mol. The Morgan fingerprint density at radius 3 is 2.62 bits per heavy atom. The van der Waals surface area contributed by atoms with E-state index in [1.54, 1.807) is 0 Å². The summed E-state index contributed by atoms with van der Waals surface area (Å²) >= 11 is 7.79. The molecule has 0 saturated carbocycles. The van der Waals surface area contributed by atoms with Crippen LogP contribution >= 0.6 is 23.4 Å². The van der Waals surface area contributed by atoms with E-state index in [4.69, 9.17) is 11.6 Å². The molecule has 1 aromatic rings. The molecule has 1 rings (SSSR count). The fourth-order valence-electron chi connectivity index (χ4n) is 1.29. The van der Waals surface area contributed by atoms with Crippen molar-refractivity contribution in [3.63, 3.8) is 0 Å². The largest absolute Gasteiger partial charge is 0.313 e. The van der Waals surface area contributed by atoms with Crippen molar-refractivity contribution in [2.45, 2.75) is 32.1 Å². The van der Waals surface area contributed by atoms with Crippen molar-refractivity contribution in [3.05, 3.63) is 34.9 Å². The highest BCUT2D eigenvalue weighted by Gasteiger charge is 1.97. The number of rotatable bonds is 7. The van der Waals surface area contributed by atoms with Gasteiger partial charge in [0, 0.05) is 29.1 Å². The van der Waals surface area contributed by atoms with Crippen LogP contribution in [0.15, 0.2) is 24.3 Å². The van der Waals surface area contributed by atoms with Crippen molar-refractivity contribution >= 4 is 23.4 Å². The van der Waals surface area contributed by atoms with Crippen LogP contribution in [-0.2, 0) is 5.75 Å². The minimum atomic E-state index is 0.635. The Morgan fingerprint density at radius 2 is 2.00 bits per heavy atom. The van der Waals surface area contributed by atoms with Crippen molar-refractivity contribution in [3.8, 4) is 0 Å². The summed E-state index contributed by atoms with van der Waals surface area (Å²) in [7, 11) is 0. The van der Waals surface area contributed by atoms with E-state index in [0.29, 0.717) is 6.04 Å². The highest BCUT2D eigenvalue weighted by atomic mass is 35.5. The lowest BCUT2D eigenvalue weighted by molar-refractivity contribution is 0.555. The molecule has 0 aromatic heterocycles. The zero-order chi connectivity index (χ0) is 11.8. The predicted octanol–water partition coefficient (Wildman–Crippen LogP) is 3.96. The smallest absolute Gasteiger partial charge is 0.0406 e. The van der Waals surface area contributed by atoms with Crippen LogP contribution in [0, 0.1) is 0 Å². The van der Waals surface area contributed by atoms with Crippen LogP contribution in [-0.4, -0.2) is 18.3 Å². The van der Waals surface area contributed by atoms with Crippen LogP contribution in [0.3, 0.4) is 0 Å². The molecule has 3 heteroatoms. The maximum Gasteiger partial charge on any atom is 0.0406 e. The van der Waals surface area contributed by atoms with Gasteiger partial charge >= 0.3 is 0 Å². The third-order valence-corrected chi connectivity index (χ3v) is 3.82. The average Bonchev–Trinajstić information content (AvgIpc) is 2.31. The second-order valence-corrected chi connectivity index (χ2v) is 5.48. The maximum atomic E-state index is 5.83. The van der Waals surface area contributed by atoms with Gasteiger partial charge in [-0.3, -0.25) is 0 Å². The zero-order valence-electron chi connectivity index (χ0n) is 10.0. The maximum absolute atomic E-state index is 5.83. The summed E-state index contributed by atoms with van der Waals surface area (Å²) in [5.74, 6) is 2.23. The molecule has 0 aliphatic carbocycles. The Morgan fingerprint density at radius 1 is 1.31 bits per heavy atom. The molecule has 0 spiro atoms. The Kier molecular flexibility index (Phi) is 6.93. The molecule has 1 N–H and O–H groups in total. The van der Waals surface area contributed by atoms with E-state index >= 15 is 0 Å². The molecule has 0 heterocycles. The van der Waals surface area contributed by atoms with Gasteiger partial charge in [0.05, 0.1) is 0 Å². The molecule has 1 nitrogen and oxygen atoms in total. The molecule has 0 saturated heterocycles. The standard InChI is InChI=1S/C13H20ClNS/c1-3-11(2)15-8-9-16-10-12-4-6-13(14)7-5-12/h4-7,11,15H,3,8-10H2,1-2H3. The number of nitrogens with one attached hydrogen (secondary N) is 1. The lowest BCUT2D eigenvalue weighted by Crippen LogP contribution is -2.27. The molecule has 0 amide bonds. The molecule has 1 aromatic carbocycles. The van der Waals surface area contributed by atoms with Crippen LogP contribution in [0.5, 0.6) is 0 Å². The normalized spacial score (nSPS) is 12.7. The van der Waals surface area contributed by atoms with Crippen LogP contribution in [0.1, 0.15) is 25.8 Å². The Bertz CT molecular complexity index is 286. The molecule has 0 bridgehead atoms. The summed E-state index contributed by atoms with van der Waals surface area (Å²) in [4.78, 5) is 0. The Labute approximate surface area is 108 Å². The first kappa shape index (κ1) is 13.9. The van der Waals surface area contributed by atoms with Crippen LogP contribution in [0.4, 0.5) is 0 Å². The van der Waals surface area contributed by atoms with E-state index in [1.807, 2.05) is 23.9 Å². The summed E-state index contributed by atoms with van der Waals surface area (Å²) in [5.41, 5.74) is 1.35. The summed E-state index contributed by atoms with van der Waals surface area (Å²) in [6.45, 7) is 5.52. The quantitative estimate of drug-likeness (QED) is 0.742. The zero-order valence-corrected chi connectivity index (χ0v) is 11.6. The van der Waals surface area contributed by atoms with Crippen LogP contribution < -0.4 is 5.32 Å². The molecular weight excluding hydrogens is 238 g/mol. The molecule has 1 atom stereocenters. The van der Waals surface area contributed by atoms with E-state index in [0.717, 1.165) is 23.1 Å². The van der Waals surface area contributed by atoms with E-state index in [1.165, 1.54) is 12.0 Å². The topological polar surface area (TPSA) is 12.0 Å². The molecule has 0 fully saturated rings. The van der Waals surface area contributed by atoms with Crippen molar-refractivity contribution in [2.75, 3.05) is 12.3 Å². The van der Waals surface area contributed by atoms with Gasteiger partial charge in [-0.1, -0.05) is 30.7 Å². The van der Waals surface area contributed by atoms with Crippen molar-refractivity contribution in [1.29, 1.82) is 0 Å². The van der Waals surface area contributed by atoms with Crippen LogP contribution in [0.25, 0.3) is 0 Å². The first-order valence-corrected chi connectivity index (χ1v) is 7.31. The number of benzene rings is 1. The summed E-state index contributed by atoms with van der Waals surface area (Å²) < 4.78 is 0. The number of halogens is 1. The first-order valence-electron chi connectivity index (χ1n) is 5.78. The van der Waals surface area contributed by atoms with Gasteiger partial charge in [0.25, 0.3) is 0 Å². The van der Waals surface area contributed by atoms with Gasteiger partial charge in [-0.05, 0) is 31.0 Å². The fourth-order valence-corrected chi connectivity index (χ4v) is 2.25. The molecule has 1 unspecified atom stereocenters. The summed E-state index contributed by atoms with van der Waals surface area (Å²) in [6.07, 6.45) is 1.20. The number of hydrogen-bond acceptors (Lipinski definition) is 2. The fraction of sp³-hybridized carbons (Fsp3) is 0.538. The third-order valence-electron chi connectivity index (χ3n) is 2.53. The van der Waals surface area contributed by atoms with Gasteiger partial charge in [0.2, 0.25) is 0 Å². The molecule has 0 radical (unpaired) electrons. The molecule has 16 heavy (non-hydrogen) atoms. The lowest BCUT2D eigenvalue weighted by Gasteiger charge is -2.10. The minimum Gasteiger partial charge on any atom is -0.313 e. The highest BCUT2D eigenvalue weighted by molar-refractivity contribution is 7.98. The van der Waals surface area contributed by atoms with Gasteiger partial charge in [-0.25, -0.2) is 0 Å². The van der Waals surface area contributed by atoms with E-state index in [9.17, 15) is 0 Å². The van der Waals surface area contributed by atoms with Crippen molar-refractivity contribution in [1.82, 2.24) is 5.32 Å². The van der Waals surface area contributed by atoms with Crippen molar-refractivity contribution < 1.29 is 0 Å². The summed E-state index contributed by atoms with van der Waals surface area (Å²) in [6, 6.07) is 8.73. The Balaban J connectivity index is 2.09. The average molecular weight is 258 g/mol. The van der Waals surface area contributed by atoms with Gasteiger partial charge in [0.15, 0.2) is 0 Å². The minimum absolute atomic E-state index is 0.635. The lowest BCUT2D eigenvalue weighted by atomic mass is 10.2. The number of hydrogen-bond donors (Lipinski definition) is 1. The van der Waals surface area contributed by atoms with Gasteiger partial charge in [-0.2, -0.15) is 11.8 Å². The van der Waals surface area contributed by atoms with E-state index in [2.05, 4.69) is 31.3 Å². The monoisotopic (exact) mass is 257 g/mol. The van der Waals surface area contributed by atoms with Crippen molar-refractivity contribution in [2.24, 2.45) is 0 Å². The molecular formula is C13H20ClNS. The van der Waals surface area contributed by atoms with Gasteiger partial charge < -0.3 is 5.32 Å². The summed E-state index contributed by atoms with van der Waals surface area (Å²) in [5, 5.41) is 4.30. The molecule has 0 aliphatic heterocycles. The Hall–Kier alpha value is -0.180. The molecule has 0 aliphatic rings. The van der Waals surface area contributed by atoms with Gasteiger partial charge in [0.1, 0.15) is 0 Å². The van der Waals surface area contributed by atoms with E-state index in [-0.39, 0.29) is 0 Å². The highest BCUT2D eigenvalue weighted by Crippen LogP contribution is 2.14. The first-order chi connectivity index (χ1) is 7.72. The second-order valence-electron chi connectivity index (χ2n) is 3.94. The SMILES string of the molecule is CCC(C)NCCSCc1ccc(Cl)cc1. The second kappa shape index (κ2) is 7.99.